The second-order valence-electron chi connectivity index (χ2n) is 5.97. The van der Waals surface area contributed by atoms with E-state index in [9.17, 15) is 9.59 Å². The summed E-state index contributed by atoms with van der Waals surface area (Å²) in [5.41, 5.74) is 0.965. The number of carbonyl (C=O) groups excluding carboxylic acids is 1. The van der Waals surface area contributed by atoms with Gasteiger partial charge in [-0.25, -0.2) is 0 Å². The van der Waals surface area contributed by atoms with Crippen LogP contribution in [0.15, 0.2) is 18.2 Å². The largest absolute Gasteiger partial charge is 0.481 e. The van der Waals surface area contributed by atoms with Crippen LogP contribution in [0.2, 0.25) is 5.02 Å². The van der Waals surface area contributed by atoms with Crippen molar-refractivity contribution in [2.75, 3.05) is 0 Å². The topological polar surface area (TPSA) is 66.4 Å². The van der Waals surface area contributed by atoms with Crippen LogP contribution < -0.4 is 5.32 Å². The SMILES string of the molecule is Cc1ccc(C(=O)NC(CC(=O)O)C(C)(C)C)c(Cl)c1. The highest BCUT2D eigenvalue weighted by molar-refractivity contribution is 6.33. The Morgan fingerprint density at radius 2 is 1.95 bits per heavy atom. The molecule has 5 heteroatoms. The molecule has 0 saturated heterocycles. The van der Waals surface area contributed by atoms with Crippen molar-refractivity contribution in [3.05, 3.63) is 34.3 Å². The van der Waals surface area contributed by atoms with Crippen molar-refractivity contribution in [1.29, 1.82) is 0 Å². The Labute approximate surface area is 124 Å². The highest BCUT2D eigenvalue weighted by Gasteiger charge is 2.29. The summed E-state index contributed by atoms with van der Waals surface area (Å²) in [7, 11) is 0. The minimum absolute atomic E-state index is 0.126. The van der Waals surface area contributed by atoms with Gasteiger partial charge in [-0.2, -0.15) is 0 Å². The first-order valence-electron chi connectivity index (χ1n) is 6.40. The number of aryl methyl sites for hydroxylation is 1. The zero-order chi connectivity index (χ0) is 15.5. The van der Waals surface area contributed by atoms with Gasteiger partial charge in [-0.05, 0) is 30.0 Å². The molecule has 0 radical (unpaired) electrons. The third-order valence-corrected chi connectivity index (χ3v) is 3.41. The Balaban J connectivity index is 2.93. The lowest BCUT2D eigenvalue weighted by Crippen LogP contribution is -2.45. The van der Waals surface area contributed by atoms with Gasteiger partial charge in [0.25, 0.3) is 5.91 Å². The van der Waals surface area contributed by atoms with Crippen molar-refractivity contribution in [2.45, 2.75) is 40.2 Å². The van der Waals surface area contributed by atoms with Gasteiger partial charge in [0.1, 0.15) is 0 Å². The number of carboxylic acids is 1. The summed E-state index contributed by atoms with van der Waals surface area (Å²) < 4.78 is 0. The molecule has 0 saturated carbocycles. The lowest BCUT2D eigenvalue weighted by Gasteiger charge is -2.30. The van der Waals surface area contributed by atoms with Gasteiger partial charge in [-0.3, -0.25) is 9.59 Å². The third-order valence-electron chi connectivity index (χ3n) is 3.10. The number of amides is 1. The van der Waals surface area contributed by atoms with Crippen LogP contribution in [0.25, 0.3) is 0 Å². The molecule has 0 spiro atoms. The molecule has 2 N–H and O–H groups in total. The smallest absolute Gasteiger partial charge is 0.305 e. The maximum Gasteiger partial charge on any atom is 0.305 e. The molecule has 110 valence electrons. The van der Waals surface area contributed by atoms with Crippen LogP contribution in [-0.4, -0.2) is 23.0 Å². The highest BCUT2D eigenvalue weighted by Crippen LogP contribution is 2.23. The van der Waals surface area contributed by atoms with E-state index in [-0.39, 0.29) is 17.7 Å². The van der Waals surface area contributed by atoms with Crippen molar-refractivity contribution in [3.63, 3.8) is 0 Å². The van der Waals surface area contributed by atoms with Crippen LogP contribution in [-0.2, 0) is 4.79 Å². The molecular weight excluding hydrogens is 278 g/mol. The molecule has 0 fully saturated rings. The summed E-state index contributed by atoms with van der Waals surface area (Å²) in [6, 6.07) is 4.68. The molecule has 1 rings (SSSR count). The van der Waals surface area contributed by atoms with Gasteiger partial charge in [-0.1, -0.05) is 38.4 Å². The molecule has 1 atom stereocenters. The molecule has 1 aromatic carbocycles. The van der Waals surface area contributed by atoms with Crippen LogP contribution >= 0.6 is 11.6 Å². The summed E-state index contributed by atoms with van der Waals surface area (Å²) in [6.45, 7) is 7.54. The van der Waals surface area contributed by atoms with Gasteiger partial charge in [-0.15, -0.1) is 0 Å². The standard InChI is InChI=1S/C15H20ClNO3/c1-9-5-6-10(11(16)7-9)14(20)17-12(8-13(18)19)15(2,3)4/h5-7,12H,8H2,1-4H3,(H,17,20)(H,18,19). The molecule has 0 aromatic heterocycles. The number of hydrogen-bond acceptors (Lipinski definition) is 2. The van der Waals surface area contributed by atoms with Crippen LogP contribution in [0, 0.1) is 12.3 Å². The van der Waals surface area contributed by atoms with Gasteiger partial charge in [0.05, 0.1) is 17.0 Å². The first-order valence-corrected chi connectivity index (χ1v) is 6.78. The number of carbonyl (C=O) groups is 2. The van der Waals surface area contributed by atoms with Gasteiger partial charge in [0, 0.05) is 6.04 Å². The fraction of sp³-hybridized carbons (Fsp3) is 0.467. The molecule has 0 aliphatic rings. The molecule has 4 nitrogen and oxygen atoms in total. The molecule has 0 aliphatic heterocycles. The van der Waals surface area contributed by atoms with Gasteiger partial charge in [0.15, 0.2) is 0 Å². The number of rotatable bonds is 4. The van der Waals surface area contributed by atoms with E-state index in [1.807, 2.05) is 27.7 Å². The van der Waals surface area contributed by atoms with Gasteiger partial charge < -0.3 is 10.4 Å². The molecule has 20 heavy (non-hydrogen) atoms. The molecule has 1 unspecified atom stereocenters. The number of nitrogens with one attached hydrogen (secondary N) is 1. The number of hydrogen-bond donors (Lipinski definition) is 2. The number of halogens is 1. The van der Waals surface area contributed by atoms with E-state index >= 15 is 0 Å². The number of benzene rings is 1. The summed E-state index contributed by atoms with van der Waals surface area (Å²) in [6.07, 6.45) is -0.126. The Kier molecular flexibility index (Phi) is 5.17. The summed E-state index contributed by atoms with van der Waals surface area (Å²) in [5, 5.41) is 12.1. The molecule has 1 aromatic rings. The predicted octanol–water partition coefficient (Wildman–Crippen LogP) is 3.27. The van der Waals surface area contributed by atoms with Crippen molar-refractivity contribution >= 4 is 23.5 Å². The van der Waals surface area contributed by atoms with Crippen LogP contribution in [0.1, 0.15) is 43.1 Å². The fourth-order valence-electron chi connectivity index (χ4n) is 1.79. The van der Waals surface area contributed by atoms with Gasteiger partial charge in [0.2, 0.25) is 0 Å². The lowest BCUT2D eigenvalue weighted by molar-refractivity contribution is -0.138. The Morgan fingerprint density at radius 3 is 2.40 bits per heavy atom. The van der Waals surface area contributed by atoms with E-state index in [1.54, 1.807) is 18.2 Å². The Bertz CT molecular complexity index is 520. The number of carboxylic acid groups (broad SMARTS) is 1. The van der Waals surface area contributed by atoms with E-state index in [0.717, 1.165) is 5.56 Å². The van der Waals surface area contributed by atoms with E-state index in [0.29, 0.717) is 10.6 Å². The van der Waals surface area contributed by atoms with Crippen LogP contribution in [0.3, 0.4) is 0 Å². The first kappa shape index (κ1) is 16.5. The molecule has 0 aliphatic carbocycles. The first-order chi connectivity index (χ1) is 9.11. The quantitative estimate of drug-likeness (QED) is 0.896. The summed E-state index contributed by atoms with van der Waals surface area (Å²) in [4.78, 5) is 23.1. The monoisotopic (exact) mass is 297 g/mol. The van der Waals surface area contributed by atoms with E-state index in [1.165, 1.54) is 0 Å². The van der Waals surface area contributed by atoms with Crippen molar-refractivity contribution in [3.8, 4) is 0 Å². The van der Waals surface area contributed by atoms with Gasteiger partial charge >= 0.3 is 5.97 Å². The minimum atomic E-state index is -0.944. The minimum Gasteiger partial charge on any atom is -0.481 e. The maximum atomic E-state index is 12.2. The second-order valence-corrected chi connectivity index (χ2v) is 6.38. The predicted molar refractivity (Wildman–Crippen MR) is 79.2 cm³/mol. The molecule has 0 heterocycles. The third kappa shape index (κ3) is 4.53. The Morgan fingerprint density at radius 1 is 1.35 bits per heavy atom. The molecule has 0 bridgehead atoms. The van der Waals surface area contributed by atoms with Crippen LogP contribution in [0.5, 0.6) is 0 Å². The number of aliphatic carboxylic acids is 1. The molecule has 1 amide bonds. The highest BCUT2D eigenvalue weighted by atomic mass is 35.5. The molecular formula is C15H20ClNO3. The van der Waals surface area contributed by atoms with E-state index in [2.05, 4.69) is 5.32 Å². The van der Waals surface area contributed by atoms with E-state index in [4.69, 9.17) is 16.7 Å². The summed E-state index contributed by atoms with van der Waals surface area (Å²) >= 11 is 6.05. The fourth-order valence-corrected chi connectivity index (χ4v) is 2.11. The summed E-state index contributed by atoms with van der Waals surface area (Å²) in [5.74, 6) is -1.29. The van der Waals surface area contributed by atoms with Crippen molar-refractivity contribution < 1.29 is 14.7 Å². The average Bonchev–Trinajstić information content (AvgIpc) is 2.25. The lowest BCUT2D eigenvalue weighted by atomic mass is 9.84. The second kappa shape index (κ2) is 6.27. The van der Waals surface area contributed by atoms with E-state index < -0.39 is 12.0 Å². The Hall–Kier alpha value is -1.55. The zero-order valence-electron chi connectivity index (χ0n) is 12.2. The van der Waals surface area contributed by atoms with Crippen molar-refractivity contribution in [1.82, 2.24) is 5.32 Å². The average molecular weight is 298 g/mol. The zero-order valence-corrected chi connectivity index (χ0v) is 12.9. The maximum absolute atomic E-state index is 12.2. The van der Waals surface area contributed by atoms with Crippen LogP contribution in [0.4, 0.5) is 0 Å². The van der Waals surface area contributed by atoms with Crippen molar-refractivity contribution in [2.24, 2.45) is 5.41 Å². The normalized spacial score (nSPS) is 12.8.